The van der Waals surface area contributed by atoms with E-state index in [1.165, 1.54) is 10.8 Å². The number of nitrogens with one attached hydrogen (secondary N) is 1. The number of alkyl halides is 3. The van der Waals surface area contributed by atoms with E-state index in [0.717, 1.165) is 0 Å². The van der Waals surface area contributed by atoms with Gasteiger partial charge in [0.15, 0.2) is 17.9 Å². The molecule has 0 saturated heterocycles. The topological polar surface area (TPSA) is 99.8 Å². The van der Waals surface area contributed by atoms with E-state index < -0.39 is 18.5 Å². The van der Waals surface area contributed by atoms with Crippen LogP contribution < -0.4 is 15.2 Å². The van der Waals surface area contributed by atoms with Crippen LogP contribution in [0.4, 0.5) is 13.2 Å². The maximum Gasteiger partial charge on any atom is 0.422 e. The summed E-state index contributed by atoms with van der Waals surface area (Å²) in [5.74, 6) is 0.469. The molecule has 12 heteroatoms. The predicted molar refractivity (Wildman–Crippen MR) is 121 cm³/mol. The Kier molecular flexibility index (Phi) is 5.42. The second-order valence-electron chi connectivity index (χ2n) is 7.72. The van der Waals surface area contributed by atoms with Gasteiger partial charge in [0.1, 0.15) is 17.0 Å². The molecule has 5 rings (SSSR count). The molecule has 0 spiro atoms. The fraction of sp³-hybridized carbons (Fsp3) is 0.217. The Bertz CT molecular complexity index is 1580. The van der Waals surface area contributed by atoms with Gasteiger partial charge in [0.05, 0.1) is 17.4 Å². The van der Waals surface area contributed by atoms with E-state index in [0.29, 0.717) is 46.1 Å². The zero-order valence-electron chi connectivity index (χ0n) is 18.6. The van der Waals surface area contributed by atoms with Crippen LogP contribution in [-0.2, 0) is 13.5 Å². The van der Waals surface area contributed by atoms with Crippen molar-refractivity contribution in [3.05, 3.63) is 64.8 Å². The monoisotopic (exact) mass is 484 g/mol. The Morgan fingerprint density at radius 2 is 1.86 bits per heavy atom. The summed E-state index contributed by atoms with van der Waals surface area (Å²) in [7, 11) is 1.79. The lowest BCUT2D eigenvalue weighted by molar-refractivity contribution is -0.153. The number of ether oxygens (including phenoxy) is 2. The van der Waals surface area contributed by atoms with E-state index >= 15 is 0 Å². The van der Waals surface area contributed by atoms with Crippen molar-refractivity contribution in [2.24, 2.45) is 7.05 Å². The lowest BCUT2D eigenvalue weighted by atomic mass is 10.1. The number of H-pyrrole nitrogens is 1. The van der Waals surface area contributed by atoms with Gasteiger partial charge in [-0.05, 0) is 42.8 Å². The molecule has 5 aromatic rings. The molecule has 0 atom stereocenters. The number of aromatic nitrogens is 6. The van der Waals surface area contributed by atoms with Crippen molar-refractivity contribution >= 4 is 22.3 Å². The molecule has 4 heterocycles. The zero-order valence-corrected chi connectivity index (χ0v) is 18.6. The molecule has 9 nitrogen and oxygen atoms in total. The standard InChI is InChI=1S/C23H19F3N6O3/c1-3-15-17(34-12-23(24,25)26)11-28-20-18(15)30-21(33)32(20)13-6-8-14(9-7-13)35-22-29-16-5-4-10-27-19(16)31(22)2/h4-11H,3,12H2,1-2H3,(H,30,33). The van der Waals surface area contributed by atoms with Crippen LogP contribution in [0.3, 0.4) is 0 Å². The van der Waals surface area contributed by atoms with Crippen molar-refractivity contribution in [3.8, 4) is 23.2 Å². The summed E-state index contributed by atoms with van der Waals surface area (Å²) in [6.07, 6.45) is -1.27. The fourth-order valence-corrected chi connectivity index (χ4v) is 3.82. The summed E-state index contributed by atoms with van der Waals surface area (Å²) >= 11 is 0. The third-order valence-corrected chi connectivity index (χ3v) is 5.41. The highest BCUT2D eigenvalue weighted by Gasteiger charge is 2.29. The van der Waals surface area contributed by atoms with Gasteiger partial charge in [0.25, 0.3) is 0 Å². The number of hydrogen-bond acceptors (Lipinski definition) is 6. The van der Waals surface area contributed by atoms with Crippen LogP contribution in [0.5, 0.6) is 17.5 Å². The summed E-state index contributed by atoms with van der Waals surface area (Å²) in [6, 6.07) is 10.7. The summed E-state index contributed by atoms with van der Waals surface area (Å²) < 4.78 is 51.7. The molecule has 0 aliphatic carbocycles. The van der Waals surface area contributed by atoms with Crippen molar-refractivity contribution in [3.63, 3.8) is 0 Å². The molecule has 35 heavy (non-hydrogen) atoms. The van der Waals surface area contributed by atoms with Crippen molar-refractivity contribution < 1.29 is 22.6 Å². The van der Waals surface area contributed by atoms with E-state index in [9.17, 15) is 18.0 Å². The normalized spacial score (nSPS) is 11.9. The summed E-state index contributed by atoms with van der Waals surface area (Å²) in [4.78, 5) is 28.3. The van der Waals surface area contributed by atoms with Crippen molar-refractivity contribution in [1.29, 1.82) is 0 Å². The molecule has 0 amide bonds. The first-order valence-electron chi connectivity index (χ1n) is 10.6. The first-order chi connectivity index (χ1) is 16.7. The van der Waals surface area contributed by atoms with Crippen LogP contribution in [-0.4, -0.2) is 41.9 Å². The molecule has 0 fully saturated rings. The minimum absolute atomic E-state index is 0.0218. The average Bonchev–Trinajstić information content (AvgIpc) is 3.33. The number of nitrogens with zero attached hydrogens (tertiary/aromatic N) is 5. The maximum absolute atomic E-state index is 12.8. The van der Waals surface area contributed by atoms with Crippen molar-refractivity contribution in [2.75, 3.05) is 6.61 Å². The highest BCUT2D eigenvalue weighted by atomic mass is 19.4. The van der Waals surface area contributed by atoms with E-state index in [4.69, 9.17) is 9.47 Å². The van der Waals surface area contributed by atoms with Gasteiger partial charge in [0.2, 0.25) is 0 Å². The maximum atomic E-state index is 12.8. The van der Waals surface area contributed by atoms with Gasteiger partial charge in [-0.25, -0.2) is 19.3 Å². The SMILES string of the molecule is CCc1c(OCC(F)(F)F)cnc2c1[nH]c(=O)n2-c1ccc(Oc2nc3cccnc3n2C)cc1. The highest BCUT2D eigenvalue weighted by Crippen LogP contribution is 2.29. The molecule has 180 valence electrons. The molecule has 0 aliphatic rings. The van der Waals surface area contributed by atoms with Gasteiger partial charge in [0, 0.05) is 18.8 Å². The minimum atomic E-state index is -4.48. The molecule has 0 saturated carbocycles. The van der Waals surface area contributed by atoms with Gasteiger partial charge >= 0.3 is 17.9 Å². The number of aryl methyl sites for hydroxylation is 2. The van der Waals surface area contributed by atoms with Crippen LogP contribution in [0.1, 0.15) is 12.5 Å². The van der Waals surface area contributed by atoms with Crippen LogP contribution in [0, 0.1) is 0 Å². The van der Waals surface area contributed by atoms with Crippen molar-refractivity contribution in [1.82, 2.24) is 29.1 Å². The highest BCUT2D eigenvalue weighted by molar-refractivity contribution is 5.79. The van der Waals surface area contributed by atoms with E-state index in [2.05, 4.69) is 19.9 Å². The van der Waals surface area contributed by atoms with Crippen LogP contribution in [0.25, 0.3) is 28.0 Å². The quantitative estimate of drug-likeness (QED) is 0.386. The largest absolute Gasteiger partial charge is 0.482 e. The molecule has 1 N–H and O–H groups in total. The third kappa shape index (κ3) is 4.18. The average molecular weight is 484 g/mol. The lowest BCUT2D eigenvalue weighted by Gasteiger charge is -2.13. The van der Waals surface area contributed by atoms with Gasteiger partial charge in [-0.2, -0.15) is 18.2 Å². The minimum Gasteiger partial charge on any atom is -0.482 e. The van der Waals surface area contributed by atoms with Crippen molar-refractivity contribution in [2.45, 2.75) is 19.5 Å². The lowest BCUT2D eigenvalue weighted by Crippen LogP contribution is -2.19. The summed E-state index contributed by atoms with van der Waals surface area (Å²) in [5.41, 5.74) is 2.43. The smallest absolute Gasteiger partial charge is 0.422 e. The first-order valence-corrected chi connectivity index (χ1v) is 10.6. The number of halogens is 3. The number of fused-ring (bicyclic) bond motifs is 2. The van der Waals surface area contributed by atoms with E-state index in [-0.39, 0.29) is 11.4 Å². The molecular formula is C23H19F3N6O3. The number of hydrogen-bond donors (Lipinski definition) is 1. The van der Waals surface area contributed by atoms with Gasteiger partial charge in [-0.1, -0.05) is 6.92 Å². The van der Waals surface area contributed by atoms with Gasteiger partial charge in [-0.3, -0.25) is 4.57 Å². The van der Waals surface area contributed by atoms with E-state index in [1.54, 1.807) is 55.1 Å². The van der Waals surface area contributed by atoms with Crippen LogP contribution >= 0.6 is 0 Å². The number of rotatable bonds is 6. The zero-order chi connectivity index (χ0) is 24.7. The van der Waals surface area contributed by atoms with Crippen LogP contribution in [0.2, 0.25) is 0 Å². The summed E-state index contributed by atoms with van der Waals surface area (Å²) in [5, 5.41) is 0. The fourth-order valence-electron chi connectivity index (χ4n) is 3.82. The number of benzene rings is 1. The molecule has 1 aromatic carbocycles. The van der Waals surface area contributed by atoms with Gasteiger partial charge < -0.3 is 14.5 Å². The molecule has 4 aromatic heterocycles. The third-order valence-electron chi connectivity index (χ3n) is 5.41. The number of imidazole rings is 2. The molecule has 0 aliphatic heterocycles. The molecular weight excluding hydrogens is 465 g/mol. The number of pyridine rings is 2. The van der Waals surface area contributed by atoms with Gasteiger partial charge in [-0.15, -0.1) is 0 Å². The van der Waals surface area contributed by atoms with Crippen LogP contribution in [0.15, 0.2) is 53.6 Å². The Labute approximate surface area is 195 Å². The Hall–Kier alpha value is -4.35. The second-order valence-corrected chi connectivity index (χ2v) is 7.72. The Morgan fingerprint density at radius 1 is 1.09 bits per heavy atom. The summed E-state index contributed by atoms with van der Waals surface area (Å²) in [6.45, 7) is 0.314. The predicted octanol–water partition coefficient (Wildman–Crippen LogP) is 4.29. The second kappa shape index (κ2) is 8.46. The first kappa shape index (κ1) is 22.4. The molecule has 0 unspecified atom stereocenters. The Balaban J connectivity index is 1.46. The molecule has 0 radical (unpaired) electrons. The molecule has 0 bridgehead atoms. The Morgan fingerprint density at radius 3 is 2.54 bits per heavy atom. The van der Waals surface area contributed by atoms with E-state index in [1.807, 2.05) is 6.07 Å². The number of aromatic amines is 1.